The zero-order chi connectivity index (χ0) is 20.0. The molecule has 9 nitrogen and oxygen atoms in total. The lowest BCUT2D eigenvalue weighted by Crippen LogP contribution is -2.30. The molecule has 0 unspecified atom stereocenters. The van der Waals surface area contributed by atoms with Gasteiger partial charge in [-0.05, 0) is 31.6 Å². The highest BCUT2D eigenvalue weighted by Gasteiger charge is 2.22. The van der Waals surface area contributed by atoms with Crippen LogP contribution in [-0.2, 0) is 0 Å². The smallest absolute Gasteiger partial charge is 0.301 e. The number of nitro benzene ring substituents is 2. The van der Waals surface area contributed by atoms with Gasteiger partial charge in [-0.2, -0.15) is 5.10 Å². The number of nitrogens with zero attached hydrogens (tertiary/aromatic N) is 3. The summed E-state index contributed by atoms with van der Waals surface area (Å²) in [5.74, 6) is 0. The van der Waals surface area contributed by atoms with Crippen LogP contribution in [-0.4, -0.2) is 26.3 Å². The van der Waals surface area contributed by atoms with Crippen molar-refractivity contribution in [1.29, 1.82) is 0 Å². The number of benzene rings is 2. The molecule has 0 aliphatic rings. The first-order valence-corrected chi connectivity index (χ1v) is 7.91. The van der Waals surface area contributed by atoms with Crippen molar-refractivity contribution in [3.05, 3.63) is 80.4 Å². The Morgan fingerprint density at radius 1 is 1.11 bits per heavy atom. The van der Waals surface area contributed by atoms with Gasteiger partial charge in [0.1, 0.15) is 11.3 Å². The number of aliphatic hydroxyl groups is 1. The minimum Gasteiger partial charge on any atom is -0.384 e. The highest BCUT2D eigenvalue weighted by Crippen LogP contribution is 2.29. The lowest BCUT2D eigenvalue weighted by molar-refractivity contribution is -0.393. The molecule has 0 amide bonds. The van der Waals surface area contributed by atoms with Gasteiger partial charge in [-0.15, -0.1) is 0 Å². The van der Waals surface area contributed by atoms with E-state index < -0.39 is 26.8 Å². The van der Waals surface area contributed by atoms with Crippen molar-refractivity contribution in [2.75, 3.05) is 5.43 Å². The summed E-state index contributed by atoms with van der Waals surface area (Å²) < 4.78 is 0. The van der Waals surface area contributed by atoms with Crippen LogP contribution >= 0.6 is 0 Å². The molecule has 2 rings (SSSR count). The molecule has 0 aliphatic carbocycles. The summed E-state index contributed by atoms with van der Waals surface area (Å²) in [5, 5.41) is 36.3. The van der Waals surface area contributed by atoms with E-state index in [4.69, 9.17) is 0 Å². The number of hydrazone groups is 1. The number of nitro groups is 2. The van der Waals surface area contributed by atoms with Gasteiger partial charge >= 0.3 is 5.69 Å². The molecule has 2 N–H and O–H groups in total. The molecule has 0 heterocycles. The zero-order valence-electron chi connectivity index (χ0n) is 14.7. The predicted octanol–water partition coefficient (Wildman–Crippen LogP) is 3.76. The van der Waals surface area contributed by atoms with Gasteiger partial charge in [-0.1, -0.05) is 36.4 Å². The van der Waals surface area contributed by atoms with Crippen molar-refractivity contribution in [3.8, 4) is 0 Å². The summed E-state index contributed by atoms with van der Waals surface area (Å²) in [5.41, 5.74) is 1.38. The maximum absolute atomic E-state index is 11.2. The van der Waals surface area contributed by atoms with Gasteiger partial charge in [-0.25, -0.2) is 0 Å². The molecular weight excluding hydrogens is 352 g/mol. The number of anilines is 1. The fourth-order valence-corrected chi connectivity index (χ4v) is 2.12. The van der Waals surface area contributed by atoms with Crippen LogP contribution in [0, 0.1) is 20.2 Å². The van der Waals surface area contributed by atoms with Crippen LogP contribution in [0.1, 0.15) is 19.4 Å². The third-order valence-electron chi connectivity index (χ3n) is 3.55. The van der Waals surface area contributed by atoms with Crippen LogP contribution in [0.3, 0.4) is 0 Å². The number of rotatable bonds is 7. The highest BCUT2D eigenvalue weighted by atomic mass is 16.6. The number of hydrogen-bond acceptors (Lipinski definition) is 7. The quantitative estimate of drug-likeness (QED) is 0.433. The Balaban J connectivity index is 2.35. The average Bonchev–Trinajstić information content (AvgIpc) is 2.61. The van der Waals surface area contributed by atoms with Gasteiger partial charge in [0.15, 0.2) is 0 Å². The van der Waals surface area contributed by atoms with Crippen LogP contribution in [0.25, 0.3) is 6.08 Å². The third kappa shape index (κ3) is 5.44. The van der Waals surface area contributed by atoms with Gasteiger partial charge in [0.2, 0.25) is 0 Å². The Morgan fingerprint density at radius 2 is 1.78 bits per heavy atom. The fraction of sp³-hybridized carbons (Fsp3) is 0.167. The first-order chi connectivity index (χ1) is 12.7. The molecule has 0 saturated heterocycles. The van der Waals surface area contributed by atoms with Crippen LogP contribution < -0.4 is 5.43 Å². The lowest BCUT2D eigenvalue weighted by atomic mass is 10.0. The molecule has 0 atom stereocenters. The Labute approximate surface area is 155 Å². The predicted molar refractivity (Wildman–Crippen MR) is 103 cm³/mol. The van der Waals surface area contributed by atoms with Gasteiger partial charge in [0, 0.05) is 6.07 Å². The van der Waals surface area contributed by atoms with Gasteiger partial charge in [0.05, 0.1) is 21.6 Å². The maximum atomic E-state index is 11.2. The summed E-state index contributed by atoms with van der Waals surface area (Å²) in [6, 6.07) is 12.5. The molecule has 2 aromatic rings. The van der Waals surface area contributed by atoms with Crippen molar-refractivity contribution in [2.45, 2.75) is 19.4 Å². The van der Waals surface area contributed by atoms with Gasteiger partial charge in [-0.3, -0.25) is 25.7 Å². The third-order valence-corrected chi connectivity index (χ3v) is 3.55. The van der Waals surface area contributed by atoms with E-state index in [1.54, 1.807) is 12.2 Å². The molecule has 0 aliphatic heterocycles. The Bertz CT molecular complexity index is 902. The summed E-state index contributed by atoms with van der Waals surface area (Å²) in [6.07, 6.45) is 3.32. The topological polar surface area (TPSA) is 131 Å². The zero-order valence-corrected chi connectivity index (χ0v) is 14.7. The summed E-state index contributed by atoms with van der Waals surface area (Å²) in [4.78, 5) is 20.5. The minimum absolute atomic E-state index is 0.0274. The normalized spacial score (nSPS) is 12.2. The van der Waals surface area contributed by atoms with E-state index in [0.717, 1.165) is 17.7 Å². The second-order valence-corrected chi connectivity index (χ2v) is 6.13. The molecule has 2 aromatic carbocycles. The van der Waals surface area contributed by atoms with Crippen molar-refractivity contribution < 1.29 is 15.0 Å². The van der Waals surface area contributed by atoms with Crippen LogP contribution in [0.2, 0.25) is 0 Å². The summed E-state index contributed by atoms with van der Waals surface area (Å²) >= 11 is 0. The van der Waals surface area contributed by atoms with E-state index in [1.165, 1.54) is 19.9 Å². The lowest BCUT2D eigenvalue weighted by Gasteiger charge is -2.17. The van der Waals surface area contributed by atoms with E-state index in [1.807, 2.05) is 30.3 Å². The highest BCUT2D eigenvalue weighted by molar-refractivity contribution is 6.04. The number of nitrogens with one attached hydrogen (secondary N) is 1. The minimum atomic E-state index is -1.33. The molecule has 0 aromatic heterocycles. The number of non-ortho nitro benzene ring substituents is 1. The molecule has 0 radical (unpaired) electrons. The number of hydrogen-bond donors (Lipinski definition) is 2. The van der Waals surface area contributed by atoms with Crippen molar-refractivity contribution in [3.63, 3.8) is 0 Å². The van der Waals surface area contributed by atoms with E-state index in [0.29, 0.717) is 0 Å². The van der Waals surface area contributed by atoms with Crippen LogP contribution in [0.4, 0.5) is 17.1 Å². The molecule has 0 fully saturated rings. The van der Waals surface area contributed by atoms with E-state index in [9.17, 15) is 25.3 Å². The molecule has 0 spiro atoms. The average molecular weight is 370 g/mol. The second kappa shape index (κ2) is 8.19. The van der Waals surface area contributed by atoms with Crippen molar-refractivity contribution >= 4 is 28.8 Å². The van der Waals surface area contributed by atoms with E-state index in [2.05, 4.69) is 10.5 Å². The molecule has 0 bridgehead atoms. The summed E-state index contributed by atoms with van der Waals surface area (Å²) in [6.45, 7) is 3.04. The fourth-order valence-electron chi connectivity index (χ4n) is 2.12. The summed E-state index contributed by atoms with van der Waals surface area (Å²) in [7, 11) is 0. The molecule has 140 valence electrons. The monoisotopic (exact) mass is 370 g/mol. The molecular formula is C18H18N4O5. The van der Waals surface area contributed by atoms with E-state index >= 15 is 0 Å². The van der Waals surface area contributed by atoms with E-state index in [-0.39, 0.29) is 11.4 Å². The molecule has 9 heteroatoms. The first kappa shape index (κ1) is 19.7. The second-order valence-electron chi connectivity index (χ2n) is 6.13. The van der Waals surface area contributed by atoms with Crippen molar-refractivity contribution in [1.82, 2.24) is 0 Å². The van der Waals surface area contributed by atoms with Crippen LogP contribution in [0.15, 0.2) is 59.7 Å². The Hall–Kier alpha value is -3.59. The largest absolute Gasteiger partial charge is 0.384 e. The molecule has 0 saturated carbocycles. The standard InChI is InChI=1S/C18H18N4O5/c1-18(2,23)17(11-8-13-6-4-3-5-7-13)20-19-15-10-9-14(21(24)25)12-16(15)22(26)27/h3-12,19,23H,1-2H3/b11-8+,20-17-. The molecule has 27 heavy (non-hydrogen) atoms. The van der Waals surface area contributed by atoms with Crippen LogP contribution in [0.5, 0.6) is 0 Å². The maximum Gasteiger partial charge on any atom is 0.301 e. The Kier molecular flexibility index (Phi) is 5.99. The Morgan fingerprint density at radius 3 is 2.33 bits per heavy atom. The van der Waals surface area contributed by atoms with Crippen molar-refractivity contribution in [2.24, 2.45) is 5.10 Å². The van der Waals surface area contributed by atoms with Gasteiger partial charge in [0.25, 0.3) is 5.69 Å². The van der Waals surface area contributed by atoms with Gasteiger partial charge < -0.3 is 5.11 Å². The SMILES string of the molecule is CC(C)(O)C(/C=C/c1ccccc1)=N\Nc1ccc([N+](=O)[O-])cc1[N+](=O)[O-]. The first-order valence-electron chi connectivity index (χ1n) is 7.91.